The highest BCUT2D eigenvalue weighted by molar-refractivity contribution is 9.10. The average Bonchev–Trinajstić information content (AvgIpc) is 3.12. The number of piperidine rings is 1. The summed E-state index contributed by atoms with van der Waals surface area (Å²) in [7, 11) is 0. The van der Waals surface area contributed by atoms with Crippen molar-refractivity contribution in [3.8, 4) is 0 Å². The minimum atomic E-state index is -0.0395. The smallest absolute Gasteiger partial charge is 0.230 e. The highest BCUT2D eigenvalue weighted by atomic mass is 79.9. The van der Waals surface area contributed by atoms with Gasteiger partial charge in [0.15, 0.2) is 0 Å². The van der Waals surface area contributed by atoms with E-state index >= 15 is 0 Å². The second kappa shape index (κ2) is 7.09. The number of fused-ring (bicyclic) bond motifs is 1. The summed E-state index contributed by atoms with van der Waals surface area (Å²) in [5.41, 5.74) is 2.20. The Morgan fingerprint density at radius 3 is 3.04 bits per heavy atom. The fourth-order valence-electron chi connectivity index (χ4n) is 3.20. The molecule has 4 rings (SSSR count). The van der Waals surface area contributed by atoms with Crippen molar-refractivity contribution in [1.29, 1.82) is 0 Å². The summed E-state index contributed by atoms with van der Waals surface area (Å²) in [4.78, 5) is 23.6. The van der Waals surface area contributed by atoms with Crippen LogP contribution in [0.5, 0.6) is 0 Å². The quantitative estimate of drug-likeness (QED) is 0.690. The van der Waals surface area contributed by atoms with E-state index in [4.69, 9.17) is 0 Å². The number of amides is 1. The number of halogens is 1. The van der Waals surface area contributed by atoms with Gasteiger partial charge in [0, 0.05) is 30.0 Å². The molecule has 1 atom stereocenters. The summed E-state index contributed by atoms with van der Waals surface area (Å²) in [6.45, 7) is 1.69. The number of anilines is 2. The van der Waals surface area contributed by atoms with Gasteiger partial charge in [0.1, 0.15) is 5.82 Å². The zero-order chi connectivity index (χ0) is 17.2. The Hall–Kier alpha value is -1.99. The molecule has 1 amide bonds. The molecule has 0 saturated carbocycles. The number of pyridine rings is 2. The number of aromatic nitrogens is 2. The molecule has 4 heterocycles. The summed E-state index contributed by atoms with van der Waals surface area (Å²) in [5.74, 6) is 0.591. The highest BCUT2D eigenvalue weighted by Gasteiger charge is 2.27. The Balaban J connectivity index is 1.50. The van der Waals surface area contributed by atoms with E-state index in [1.165, 1.54) is 10.4 Å². The van der Waals surface area contributed by atoms with Crippen LogP contribution in [0.4, 0.5) is 11.5 Å². The van der Waals surface area contributed by atoms with Gasteiger partial charge in [-0.05, 0) is 58.4 Å². The van der Waals surface area contributed by atoms with Crippen LogP contribution in [0.1, 0.15) is 12.8 Å². The van der Waals surface area contributed by atoms with E-state index in [2.05, 4.69) is 47.6 Å². The van der Waals surface area contributed by atoms with Crippen LogP contribution in [0.3, 0.4) is 0 Å². The third kappa shape index (κ3) is 3.52. The third-order valence-electron chi connectivity index (χ3n) is 4.43. The van der Waals surface area contributed by atoms with E-state index in [9.17, 15) is 4.79 Å². The minimum absolute atomic E-state index is 0.0380. The van der Waals surface area contributed by atoms with E-state index in [1.807, 2.05) is 18.3 Å². The van der Waals surface area contributed by atoms with E-state index in [0.29, 0.717) is 5.82 Å². The molecule has 3 aromatic rings. The minimum Gasteiger partial charge on any atom is -0.369 e. The number of thiophene rings is 1. The number of nitrogens with zero attached hydrogens (tertiary/aromatic N) is 3. The van der Waals surface area contributed by atoms with Crippen LogP contribution >= 0.6 is 27.3 Å². The van der Waals surface area contributed by atoms with E-state index in [0.717, 1.165) is 35.9 Å². The molecule has 1 fully saturated rings. The highest BCUT2D eigenvalue weighted by Crippen LogP contribution is 2.32. The molecule has 0 aliphatic carbocycles. The predicted molar refractivity (Wildman–Crippen MR) is 105 cm³/mol. The lowest BCUT2D eigenvalue weighted by atomic mass is 9.96. The lowest BCUT2D eigenvalue weighted by Crippen LogP contribution is -2.40. The van der Waals surface area contributed by atoms with Crippen LogP contribution in [0, 0.1) is 5.92 Å². The topological polar surface area (TPSA) is 58.1 Å². The summed E-state index contributed by atoms with van der Waals surface area (Å²) >= 11 is 5.05. The summed E-state index contributed by atoms with van der Waals surface area (Å²) < 4.78 is 2.09. The lowest BCUT2D eigenvalue weighted by Gasteiger charge is -2.33. The zero-order valence-corrected chi connectivity index (χ0v) is 15.9. The summed E-state index contributed by atoms with van der Waals surface area (Å²) in [6, 6.07) is 7.77. The molecular weight excluding hydrogens is 400 g/mol. The van der Waals surface area contributed by atoms with E-state index < -0.39 is 0 Å². The van der Waals surface area contributed by atoms with Crippen LogP contribution in [0.25, 0.3) is 10.2 Å². The van der Waals surface area contributed by atoms with Crippen molar-refractivity contribution in [2.24, 2.45) is 5.92 Å². The maximum Gasteiger partial charge on any atom is 0.230 e. The van der Waals surface area contributed by atoms with Gasteiger partial charge in [-0.1, -0.05) is 0 Å². The molecule has 0 bridgehead atoms. The molecule has 0 aromatic carbocycles. The van der Waals surface area contributed by atoms with Crippen molar-refractivity contribution in [2.75, 3.05) is 23.3 Å². The Bertz CT molecular complexity index is 895. The first-order valence-electron chi connectivity index (χ1n) is 8.20. The number of carbonyl (C=O) groups excluding carboxylic acids is 1. The molecule has 1 saturated heterocycles. The van der Waals surface area contributed by atoms with Gasteiger partial charge in [-0.2, -0.15) is 0 Å². The van der Waals surface area contributed by atoms with Gasteiger partial charge >= 0.3 is 0 Å². The molecular formula is C18H17BrN4OS. The van der Waals surface area contributed by atoms with Gasteiger partial charge in [-0.3, -0.25) is 9.78 Å². The molecule has 25 heavy (non-hydrogen) atoms. The van der Waals surface area contributed by atoms with Gasteiger partial charge < -0.3 is 10.2 Å². The van der Waals surface area contributed by atoms with Gasteiger partial charge in [0.25, 0.3) is 0 Å². The van der Waals surface area contributed by atoms with Crippen molar-refractivity contribution in [3.05, 3.63) is 46.5 Å². The van der Waals surface area contributed by atoms with Crippen molar-refractivity contribution in [2.45, 2.75) is 12.8 Å². The molecule has 1 aliphatic rings. The first kappa shape index (κ1) is 16.5. The Labute approximate surface area is 158 Å². The maximum atomic E-state index is 12.6. The number of rotatable bonds is 3. The molecule has 1 N–H and O–H groups in total. The van der Waals surface area contributed by atoms with E-state index in [1.54, 1.807) is 23.6 Å². The van der Waals surface area contributed by atoms with Crippen molar-refractivity contribution >= 4 is 54.9 Å². The molecule has 3 aromatic heterocycles. The van der Waals surface area contributed by atoms with Crippen molar-refractivity contribution < 1.29 is 4.79 Å². The average molecular weight is 417 g/mol. The fourth-order valence-corrected chi connectivity index (χ4v) is 4.32. The summed E-state index contributed by atoms with van der Waals surface area (Å²) in [5, 5.41) is 5.00. The third-order valence-corrected chi connectivity index (χ3v) is 5.83. The molecule has 0 radical (unpaired) electrons. The first-order valence-corrected chi connectivity index (χ1v) is 9.87. The number of carbonyl (C=O) groups is 1. The van der Waals surface area contributed by atoms with Gasteiger partial charge in [0.05, 0.1) is 21.8 Å². The normalized spacial score (nSPS) is 17.6. The Morgan fingerprint density at radius 1 is 1.28 bits per heavy atom. The Morgan fingerprint density at radius 2 is 2.20 bits per heavy atom. The van der Waals surface area contributed by atoms with E-state index in [-0.39, 0.29) is 11.8 Å². The monoisotopic (exact) mass is 416 g/mol. The SMILES string of the molecule is O=C(Nc1ccc(Br)cn1)C1CCCN(c2ccnc3ccsc23)C1. The second-order valence-electron chi connectivity index (χ2n) is 6.10. The molecule has 1 unspecified atom stereocenters. The lowest BCUT2D eigenvalue weighted by molar-refractivity contribution is -0.120. The summed E-state index contributed by atoms with van der Waals surface area (Å²) in [6.07, 6.45) is 5.44. The van der Waals surface area contributed by atoms with Crippen LogP contribution in [0.15, 0.2) is 46.5 Å². The second-order valence-corrected chi connectivity index (χ2v) is 7.93. The van der Waals surface area contributed by atoms with Crippen molar-refractivity contribution in [1.82, 2.24) is 9.97 Å². The van der Waals surface area contributed by atoms with Crippen LogP contribution < -0.4 is 10.2 Å². The molecule has 5 nitrogen and oxygen atoms in total. The first-order chi connectivity index (χ1) is 12.2. The fraction of sp³-hybridized carbons (Fsp3) is 0.278. The molecule has 0 spiro atoms. The van der Waals surface area contributed by atoms with Gasteiger partial charge in [-0.25, -0.2) is 4.98 Å². The zero-order valence-electron chi connectivity index (χ0n) is 13.5. The van der Waals surface area contributed by atoms with Crippen molar-refractivity contribution in [3.63, 3.8) is 0 Å². The molecule has 1 aliphatic heterocycles. The predicted octanol–water partition coefficient (Wildman–Crippen LogP) is 4.31. The van der Waals surface area contributed by atoms with Crippen LogP contribution in [0.2, 0.25) is 0 Å². The van der Waals surface area contributed by atoms with Crippen LogP contribution in [-0.2, 0) is 4.79 Å². The maximum absolute atomic E-state index is 12.6. The Kier molecular flexibility index (Phi) is 4.67. The number of hydrogen-bond acceptors (Lipinski definition) is 5. The molecule has 128 valence electrons. The van der Waals surface area contributed by atoms with Gasteiger partial charge in [-0.15, -0.1) is 11.3 Å². The number of hydrogen-bond donors (Lipinski definition) is 1. The number of nitrogens with one attached hydrogen (secondary N) is 1. The molecule has 7 heteroatoms. The largest absolute Gasteiger partial charge is 0.369 e. The van der Waals surface area contributed by atoms with Crippen LogP contribution in [-0.4, -0.2) is 29.0 Å². The van der Waals surface area contributed by atoms with Gasteiger partial charge in [0.2, 0.25) is 5.91 Å². The standard InChI is InChI=1S/C18H17BrN4OS/c19-13-3-4-16(21-10-13)22-18(24)12-2-1-8-23(11-12)15-5-7-20-14-6-9-25-17(14)15/h3-7,9-10,12H,1-2,8,11H2,(H,21,22,24).